The second-order valence-corrected chi connectivity index (χ2v) is 4.88. The molecule has 0 heterocycles. The highest BCUT2D eigenvalue weighted by Crippen LogP contribution is 2.23. The smallest absolute Gasteiger partial charge is 0.233 e. The minimum atomic E-state index is -0.548. The lowest BCUT2D eigenvalue weighted by Gasteiger charge is -2.28. The summed E-state index contributed by atoms with van der Waals surface area (Å²) in [5.41, 5.74) is 5.91. The third-order valence-corrected chi connectivity index (χ3v) is 2.93. The van der Waals surface area contributed by atoms with Gasteiger partial charge in [0.2, 0.25) is 5.91 Å². The lowest BCUT2D eigenvalue weighted by molar-refractivity contribution is -0.125. The quantitative estimate of drug-likeness (QED) is 0.870. The Kier molecular flexibility index (Phi) is 4.73. The molecule has 0 aliphatic rings. The van der Waals surface area contributed by atoms with Crippen LogP contribution in [0.2, 0.25) is 0 Å². The van der Waals surface area contributed by atoms with Gasteiger partial charge in [-0.25, -0.2) is 0 Å². The van der Waals surface area contributed by atoms with Gasteiger partial charge in [-0.15, -0.1) is 0 Å². The van der Waals surface area contributed by atoms with Crippen molar-refractivity contribution >= 4 is 11.6 Å². The number of hydrogen-bond acceptors (Lipinski definition) is 3. The Hall–Kier alpha value is -1.55. The maximum atomic E-state index is 12.2. The number of rotatable bonds is 5. The first-order valence-corrected chi connectivity index (χ1v) is 6.13. The van der Waals surface area contributed by atoms with Gasteiger partial charge in [-0.3, -0.25) is 4.79 Å². The van der Waals surface area contributed by atoms with Crippen LogP contribution in [0.3, 0.4) is 0 Å². The molecule has 0 aliphatic heterocycles. The third-order valence-electron chi connectivity index (χ3n) is 2.93. The van der Waals surface area contributed by atoms with Crippen LogP contribution in [0.25, 0.3) is 0 Å². The van der Waals surface area contributed by atoms with Crippen LogP contribution in [0.15, 0.2) is 24.3 Å². The number of carbonyl (C=O) groups excluding carboxylic acids is 1. The first kappa shape index (κ1) is 14.5. The second-order valence-electron chi connectivity index (χ2n) is 4.88. The lowest BCUT2D eigenvalue weighted by atomic mass is 9.92. The van der Waals surface area contributed by atoms with E-state index in [2.05, 4.69) is 0 Å². The summed E-state index contributed by atoms with van der Waals surface area (Å²) in [7, 11) is 1.76. The van der Waals surface area contributed by atoms with Crippen molar-refractivity contribution in [3.63, 3.8) is 0 Å². The molecule has 0 aromatic heterocycles. The van der Waals surface area contributed by atoms with Gasteiger partial charge in [-0.05, 0) is 45.0 Å². The first-order chi connectivity index (χ1) is 8.42. The monoisotopic (exact) mass is 250 g/mol. The lowest BCUT2D eigenvalue weighted by Crippen LogP contribution is -2.42. The fourth-order valence-corrected chi connectivity index (χ4v) is 1.59. The predicted octanol–water partition coefficient (Wildman–Crippen LogP) is 2.03. The van der Waals surface area contributed by atoms with E-state index < -0.39 is 5.41 Å². The Bertz CT molecular complexity index is 399. The maximum absolute atomic E-state index is 12.2. The highest BCUT2D eigenvalue weighted by atomic mass is 16.5. The van der Waals surface area contributed by atoms with E-state index in [0.29, 0.717) is 13.2 Å². The minimum Gasteiger partial charge on any atom is -0.494 e. The Morgan fingerprint density at radius 2 is 1.89 bits per heavy atom. The Morgan fingerprint density at radius 1 is 1.33 bits per heavy atom. The van der Waals surface area contributed by atoms with Crippen LogP contribution in [0, 0.1) is 5.41 Å². The van der Waals surface area contributed by atoms with Crippen molar-refractivity contribution in [2.24, 2.45) is 11.1 Å². The summed E-state index contributed by atoms with van der Waals surface area (Å²) in [5, 5.41) is 0. The summed E-state index contributed by atoms with van der Waals surface area (Å²) >= 11 is 0. The molecule has 4 heteroatoms. The summed E-state index contributed by atoms with van der Waals surface area (Å²) < 4.78 is 5.37. The molecule has 18 heavy (non-hydrogen) atoms. The van der Waals surface area contributed by atoms with Gasteiger partial charge in [-0.1, -0.05) is 0 Å². The van der Waals surface area contributed by atoms with Crippen LogP contribution in [-0.4, -0.2) is 26.1 Å². The second kappa shape index (κ2) is 5.87. The van der Waals surface area contributed by atoms with E-state index in [1.807, 2.05) is 45.0 Å². The molecule has 1 aromatic carbocycles. The fraction of sp³-hybridized carbons (Fsp3) is 0.500. The van der Waals surface area contributed by atoms with Crippen LogP contribution >= 0.6 is 0 Å². The molecule has 0 radical (unpaired) electrons. The summed E-state index contributed by atoms with van der Waals surface area (Å²) in [6, 6.07) is 7.46. The van der Waals surface area contributed by atoms with E-state index in [-0.39, 0.29) is 5.91 Å². The molecule has 0 spiro atoms. The molecule has 1 aromatic rings. The van der Waals surface area contributed by atoms with Crippen LogP contribution in [0.5, 0.6) is 5.75 Å². The van der Waals surface area contributed by atoms with Gasteiger partial charge in [0.05, 0.1) is 12.0 Å². The summed E-state index contributed by atoms with van der Waals surface area (Å²) in [6.07, 6.45) is 0. The number of benzene rings is 1. The van der Waals surface area contributed by atoms with Crippen molar-refractivity contribution in [1.29, 1.82) is 0 Å². The van der Waals surface area contributed by atoms with Gasteiger partial charge in [0, 0.05) is 19.3 Å². The summed E-state index contributed by atoms with van der Waals surface area (Å²) in [4.78, 5) is 13.8. The van der Waals surface area contributed by atoms with E-state index in [1.54, 1.807) is 11.9 Å². The summed E-state index contributed by atoms with van der Waals surface area (Å²) in [5.74, 6) is 0.814. The molecule has 0 saturated heterocycles. The zero-order valence-corrected chi connectivity index (χ0v) is 11.6. The molecule has 2 N–H and O–H groups in total. The van der Waals surface area contributed by atoms with Crippen molar-refractivity contribution in [3.8, 4) is 5.75 Å². The molecule has 0 saturated carbocycles. The highest BCUT2D eigenvalue weighted by Gasteiger charge is 2.29. The number of hydrogen-bond donors (Lipinski definition) is 1. The molecule has 1 rings (SSSR count). The zero-order valence-electron chi connectivity index (χ0n) is 11.6. The minimum absolute atomic E-state index is 0.00848. The molecule has 0 unspecified atom stereocenters. The van der Waals surface area contributed by atoms with Gasteiger partial charge in [0.25, 0.3) is 0 Å². The van der Waals surface area contributed by atoms with Gasteiger partial charge >= 0.3 is 0 Å². The van der Waals surface area contributed by atoms with Crippen molar-refractivity contribution in [1.82, 2.24) is 0 Å². The molecule has 0 atom stereocenters. The van der Waals surface area contributed by atoms with Gasteiger partial charge < -0.3 is 15.4 Å². The molecule has 0 fully saturated rings. The molecule has 0 bridgehead atoms. The SMILES string of the molecule is CCOc1ccc(N(C)C(=O)C(C)(C)CN)cc1. The van der Waals surface area contributed by atoms with E-state index in [1.165, 1.54) is 0 Å². The summed E-state index contributed by atoms with van der Waals surface area (Å²) in [6.45, 7) is 6.59. The maximum Gasteiger partial charge on any atom is 0.233 e. The van der Waals surface area contributed by atoms with Crippen molar-refractivity contribution < 1.29 is 9.53 Å². The number of nitrogens with two attached hydrogens (primary N) is 1. The number of ether oxygens (including phenoxy) is 1. The number of anilines is 1. The van der Waals surface area contributed by atoms with Gasteiger partial charge in [-0.2, -0.15) is 0 Å². The highest BCUT2D eigenvalue weighted by molar-refractivity contribution is 5.96. The van der Waals surface area contributed by atoms with Crippen LogP contribution in [0.1, 0.15) is 20.8 Å². The van der Waals surface area contributed by atoms with E-state index in [4.69, 9.17) is 10.5 Å². The molecule has 100 valence electrons. The molecule has 0 aliphatic carbocycles. The zero-order chi connectivity index (χ0) is 13.8. The molecule has 1 amide bonds. The van der Waals surface area contributed by atoms with Crippen LogP contribution in [-0.2, 0) is 4.79 Å². The Morgan fingerprint density at radius 3 is 2.33 bits per heavy atom. The number of amides is 1. The average Bonchev–Trinajstić information content (AvgIpc) is 2.38. The number of carbonyl (C=O) groups is 1. The Labute approximate surface area is 109 Å². The van der Waals surface area contributed by atoms with Crippen molar-refractivity contribution in [2.45, 2.75) is 20.8 Å². The average molecular weight is 250 g/mol. The topological polar surface area (TPSA) is 55.6 Å². The largest absolute Gasteiger partial charge is 0.494 e. The van der Waals surface area contributed by atoms with Gasteiger partial charge in [0.15, 0.2) is 0 Å². The molecule has 4 nitrogen and oxygen atoms in total. The van der Waals surface area contributed by atoms with Crippen molar-refractivity contribution in [2.75, 3.05) is 25.1 Å². The standard InChI is InChI=1S/C14H22N2O2/c1-5-18-12-8-6-11(7-9-12)16(4)13(17)14(2,3)10-15/h6-9H,5,10,15H2,1-4H3. The predicted molar refractivity (Wildman–Crippen MR) is 73.9 cm³/mol. The van der Waals surface area contributed by atoms with E-state index in [9.17, 15) is 4.79 Å². The van der Waals surface area contributed by atoms with Crippen LogP contribution in [0.4, 0.5) is 5.69 Å². The van der Waals surface area contributed by atoms with E-state index >= 15 is 0 Å². The third kappa shape index (κ3) is 3.23. The molecular weight excluding hydrogens is 228 g/mol. The first-order valence-electron chi connectivity index (χ1n) is 6.13. The Balaban J connectivity index is 2.84. The normalized spacial score (nSPS) is 11.2. The van der Waals surface area contributed by atoms with E-state index in [0.717, 1.165) is 11.4 Å². The number of nitrogens with zero attached hydrogens (tertiary/aromatic N) is 1. The van der Waals surface area contributed by atoms with Crippen LogP contribution < -0.4 is 15.4 Å². The van der Waals surface area contributed by atoms with Crippen molar-refractivity contribution in [3.05, 3.63) is 24.3 Å². The fourth-order valence-electron chi connectivity index (χ4n) is 1.59. The van der Waals surface area contributed by atoms with Gasteiger partial charge in [0.1, 0.15) is 5.75 Å². The molecular formula is C14H22N2O2.